The Morgan fingerprint density at radius 1 is 1.41 bits per heavy atom. The Balaban J connectivity index is 2.93. The Kier molecular flexibility index (Phi) is 4.16. The van der Waals surface area contributed by atoms with Gasteiger partial charge in [0, 0.05) is 26.7 Å². The van der Waals surface area contributed by atoms with Gasteiger partial charge in [0.05, 0.1) is 11.3 Å². The normalized spacial score (nSPS) is 26.5. The minimum absolute atomic E-state index is 0.0650. The maximum Gasteiger partial charge on any atom is 0.239 e. The first-order valence-corrected chi connectivity index (χ1v) is 7.24. The molecular weight excluding hydrogens is 242 g/mol. The van der Waals surface area contributed by atoms with Gasteiger partial charge in [-0.2, -0.15) is 0 Å². The van der Waals surface area contributed by atoms with E-state index in [1.807, 2.05) is 18.7 Å². The van der Waals surface area contributed by atoms with Gasteiger partial charge >= 0.3 is 0 Å². The average Bonchev–Trinajstić information content (AvgIpc) is 2.59. The summed E-state index contributed by atoms with van der Waals surface area (Å²) in [7, 11) is -0.230. The third-order valence-electron chi connectivity index (χ3n) is 3.15. The highest BCUT2D eigenvalue weighted by molar-refractivity contribution is 7.89. The summed E-state index contributed by atoms with van der Waals surface area (Å²) >= 11 is 0. The predicted octanol–water partition coefficient (Wildman–Crippen LogP) is -0.786. The van der Waals surface area contributed by atoms with Crippen molar-refractivity contribution >= 4 is 15.9 Å². The molecule has 1 rings (SSSR count). The fourth-order valence-corrected chi connectivity index (χ4v) is 3.00. The van der Waals surface area contributed by atoms with Crippen LogP contribution in [0.3, 0.4) is 0 Å². The Bertz CT molecular complexity index is 392. The summed E-state index contributed by atoms with van der Waals surface area (Å²) in [6.07, 6.45) is 0.286. The number of rotatable bonds is 3. The highest BCUT2D eigenvalue weighted by Crippen LogP contribution is 2.25. The Hall–Kier alpha value is -0.660. The second-order valence-electron chi connectivity index (χ2n) is 4.99. The van der Waals surface area contributed by atoms with Crippen molar-refractivity contribution in [3.63, 3.8) is 0 Å². The molecule has 2 unspecified atom stereocenters. The third-order valence-corrected chi connectivity index (χ3v) is 4.43. The first kappa shape index (κ1) is 14.4. The molecular formula is C10H21N3O3S. The zero-order valence-corrected chi connectivity index (χ0v) is 11.6. The molecule has 7 heteroatoms. The topological polar surface area (TPSA) is 83.7 Å². The molecule has 0 saturated carbocycles. The van der Waals surface area contributed by atoms with Gasteiger partial charge in [-0.15, -0.1) is 0 Å². The van der Waals surface area contributed by atoms with Crippen LogP contribution in [0.4, 0.5) is 0 Å². The molecule has 1 amide bonds. The van der Waals surface area contributed by atoms with Crippen molar-refractivity contribution in [2.45, 2.75) is 37.6 Å². The van der Waals surface area contributed by atoms with Gasteiger partial charge in [-0.05, 0) is 20.3 Å². The number of primary sulfonamides is 1. The molecule has 0 aromatic rings. The SMILES string of the molecule is CC(C)N1CC(S(N)(=O)=O)CC1C(=O)N(C)C. The number of nitrogens with two attached hydrogens (primary N) is 1. The van der Waals surface area contributed by atoms with E-state index in [-0.39, 0.29) is 24.4 Å². The second kappa shape index (κ2) is 4.91. The van der Waals surface area contributed by atoms with E-state index >= 15 is 0 Å². The van der Waals surface area contributed by atoms with E-state index in [0.717, 1.165) is 0 Å². The molecule has 0 bridgehead atoms. The standard InChI is InChI=1S/C10H21N3O3S/c1-7(2)13-6-8(17(11,15)16)5-9(13)10(14)12(3)4/h7-9H,5-6H2,1-4H3,(H2,11,15,16). The van der Waals surface area contributed by atoms with E-state index < -0.39 is 15.3 Å². The molecule has 0 aliphatic carbocycles. The van der Waals surface area contributed by atoms with Crippen molar-refractivity contribution < 1.29 is 13.2 Å². The molecule has 0 radical (unpaired) electrons. The molecule has 0 aromatic heterocycles. The van der Waals surface area contributed by atoms with Crippen molar-refractivity contribution in [1.29, 1.82) is 0 Å². The highest BCUT2D eigenvalue weighted by Gasteiger charge is 2.42. The number of likely N-dealkylation sites (tertiary alicyclic amines) is 1. The lowest BCUT2D eigenvalue weighted by Crippen LogP contribution is -2.45. The van der Waals surface area contributed by atoms with Crippen LogP contribution in [0.25, 0.3) is 0 Å². The van der Waals surface area contributed by atoms with Gasteiger partial charge in [-0.1, -0.05) is 0 Å². The number of nitrogens with zero attached hydrogens (tertiary/aromatic N) is 2. The zero-order valence-electron chi connectivity index (χ0n) is 10.8. The molecule has 1 aliphatic rings. The van der Waals surface area contributed by atoms with E-state index in [0.29, 0.717) is 6.54 Å². The molecule has 0 aromatic carbocycles. The van der Waals surface area contributed by atoms with Crippen LogP contribution in [0, 0.1) is 0 Å². The summed E-state index contributed by atoms with van der Waals surface area (Å²) in [5.41, 5.74) is 0. The summed E-state index contributed by atoms with van der Waals surface area (Å²) < 4.78 is 22.7. The summed E-state index contributed by atoms with van der Waals surface area (Å²) in [5.74, 6) is -0.0650. The van der Waals surface area contributed by atoms with Crippen LogP contribution in [0.15, 0.2) is 0 Å². The molecule has 6 nitrogen and oxygen atoms in total. The lowest BCUT2D eigenvalue weighted by molar-refractivity contribution is -0.133. The third kappa shape index (κ3) is 3.17. The molecule has 1 aliphatic heterocycles. The minimum atomic E-state index is -3.57. The Labute approximate surface area is 103 Å². The number of sulfonamides is 1. The van der Waals surface area contributed by atoms with Gasteiger partial charge in [0.2, 0.25) is 15.9 Å². The summed E-state index contributed by atoms with van der Waals surface area (Å²) in [5, 5.41) is 4.52. The Morgan fingerprint density at radius 3 is 2.29 bits per heavy atom. The fourth-order valence-electron chi connectivity index (χ4n) is 2.17. The summed E-state index contributed by atoms with van der Waals surface area (Å²) in [6.45, 7) is 4.23. The molecule has 1 saturated heterocycles. The van der Waals surface area contributed by atoms with Gasteiger partial charge in [0.1, 0.15) is 0 Å². The van der Waals surface area contributed by atoms with Gasteiger partial charge < -0.3 is 4.90 Å². The number of amides is 1. The van der Waals surface area contributed by atoms with Gasteiger partial charge in [-0.25, -0.2) is 13.6 Å². The molecule has 1 heterocycles. The summed E-state index contributed by atoms with van der Waals surface area (Å²) in [4.78, 5) is 15.4. The van der Waals surface area contributed by atoms with Crippen LogP contribution in [0.5, 0.6) is 0 Å². The summed E-state index contributed by atoms with van der Waals surface area (Å²) in [6, 6.07) is -0.260. The smallest absolute Gasteiger partial charge is 0.239 e. The van der Waals surface area contributed by atoms with Crippen LogP contribution >= 0.6 is 0 Å². The number of carbonyl (C=O) groups is 1. The monoisotopic (exact) mass is 263 g/mol. The maximum absolute atomic E-state index is 12.0. The van der Waals surface area contributed by atoms with Crippen molar-refractivity contribution in [2.24, 2.45) is 5.14 Å². The largest absolute Gasteiger partial charge is 0.347 e. The van der Waals surface area contributed by atoms with Crippen LogP contribution < -0.4 is 5.14 Å². The molecule has 0 spiro atoms. The molecule has 17 heavy (non-hydrogen) atoms. The highest BCUT2D eigenvalue weighted by atomic mass is 32.2. The van der Waals surface area contributed by atoms with Crippen LogP contribution in [-0.2, 0) is 14.8 Å². The van der Waals surface area contributed by atoms with E-state index in [2.05, 4.69) is 0 Å². The van der Waals surface area contributed by atoms with E-state index in [9.17, 15) is 13.2 Å². The lowest BCUT2D eigenvalue weighted by atomic mass is 10.2. The van der Waals surface area contributed by atoms with Gasteiger partial charge in [0.25, 0.3) is 0 Å². The first-order chi connectivity index (χ1) is 7.64. The molecule has 100 valence electrons. The minimum Gasteiger partial charge on any atom is -0.347 e. The van der Waals surface area contributed by atoms with Crippen molar-refractivity contribution in [1.82, 2.24) is 9.80 Å². The van der Waals surface area contributed by atoms with E-state index in [1.165, 1.54) is 4.90 Å². The van der Waals surface area contributed by atoms with Crippen molar-refractivity contribution in [3.05, 3.63) is 0 Å². The molecule has 1 fully saturated rings. The van der Waals surface area contributed by atoms with Crippen LogP contribution in [0.2, 0.25) is 0 Å². The Morgan fingerprint density at radius 2 is 1.94 bits per heavy atom. The number of likely N-dealkylation sites (N-methyl/N-ethyl adjacent to an activating group) is 1. The number of carbonyl (C=O) groups excluding carboxylic acids is 1. The zero-order chi connectivity index (χ0) is 13.4. The van der Waals surface area contributed by atoms with Crippen LogP contribution in [-0.4, -0.2) is 62.1 Å². The van der Waals surface area contributed by atoms with Crippen LogP contribution in [0.1, 0.15) is 20.3 Å². The quantitative estimate of drug-likeness (QED) is 0.723. The predicted molar refractivity (Wildman–Crippen MR) is 65.8 cm³/mol. The lowest BCUT2D eigenvalue weighted by Gasteiger charge is -2.28. The van der Waals surface area contributed by atoms with E-state index in [4.69, 9.17) is 5.14 Å². The maximum atomic E-state index is 12.0. The second-order valence-corrected chi connectivity index (χ2v) is 6.83. The molecule has 2 N–H and O–H groups in total. The fraction of sp³-hybridized carbons (Fsp3) is 0.900. The van der Waals surface area contributed by atoms with Gasteiger partial charge in [0.15, 0.2) is 0 Å². The number of hydrogen-bond acceptors (Lipinski definition) is 4. The van der Waals surface area contributed by atoms with E-state index in [1.54, 1.807) is 14.1 Å². The first-order valence-electron chi connectivity index (χ1n) is 5.63. The average molecular weight is 263 g/mol. The molecule has 2 atom stereocenters. The van der Waals surface area contributed by atoms with Crippen molar-refractivity contribution in [3.8, 4) is 0 Å². The van der Waals surface area contributed by atoms with Crippen molar-refractivity contribution in [2.75, 3.05) is 20.6 Å². The van der Waals surface area contributed by atoms with Gasteiger partial charge in [-0.3, -0.25) is 9.69 Å². The number of hydrogen-bond donors (Lipinski definition) is 1.